The summed E-state index contributed by atoms with van der Waals surface area (Å²) in [6.07, 6.45) is -0.0546. The van der Waals surface area contributed by atoms with Gasteiger partial charge in [0.25, 0.3) is 0 Å². The quantitative estimate of drug-likeness (QED) is 0.632. The van der Waals surface area contributed by atoms with E-state index in [1.165, 1.54) is 25.1 Å². The number of carbonyl (C=O) groups excluding carboxylic acids is 3. The predicted molar refractivity (Wildman–Crippen MR) is 109 cm³/mol. The molecule has 0 saturated heterocycles. The first-order valence-electron chi connectivity index (χ1n) is 8.89. The van der Waals surface area contributed by atoms with Crippen LogP contribution in [0.2, 0.25) is 0 Å². The molecule has 0 aliphatic carbocycles. The number of carbonyl (C=O) groups is 3. The van der Waals surface area contributed by atoms with Crippen LogP contribution >= 0.6 is 11.3 Å². The van der Waals surface area contributed by atoms with Gasteiger partial charge in [0, 0.05) is 24.6 Å². The van der Waals surface area contributed by atoms with Gasteiger partial charge in [0.05, 0.1) is 16.5 Å². The van der Waals surface area contributed by atoms with E-state index in [0.717, 1.165) is 16.9 Å². The fourth-order valence-electron chi connectivity index (χ4n) is 3.27. The smallest absolute Gasteiger partial charge is 0.234 e. The van der Waals surface area contributed by atoms with E-state index in [9.17, 15) is 18.8 Å². The van der Waals surface area contributed by atoms with E-state index >= 15 is 0 Å². The average molecular weight is 409 g/mol. The number of anilines is 2. The molecular weight excluding hydrogens is 393 g/mol. The van der Waals surface area contributed by atoms with E-state index in [4.69, 9.17) is 0 Å². The summed E-state index contributed by atoms with van der Waals surface area (Å²) in [6, 6.07) is 13.2. The molecule has 1 aliphatic heterocycles. The number of benzene rings is 2. The summed E-state index contributed by atoms with van der Waals surface area (Å²) in [5, 5.41) is 5.57. The van der Waals surface area contributed by atoms with Gasteiger partial charge >= 0.3 is 0 Å². The van der Waals surface area contributed by atoms with E-state index in [1.807, 2.05) is 30.3 Å². The number of amides is 2. The molecule has 146 valence electrons. The van der Waals surface area contributed by atoms with Gasteiger partial charge in [-0.2, -0.15) is 0 Å². The molecule has 0 saturated carbocycles. The van der Waals surface area contributed by atoms with Gasteiger partial charge in [0.2, 0.25) is 11.8 Å². The molecule has 29 heavy (non-hydrogen) atoms. The Morgan fingerprint density at radius 2 is 1.97 bits per heavy atom. The van der Waals surface area contributed by atoms with E-state index in [-0.39, 0.29) is 28.9 Å². The molecule has 0 fully saturated rings. The Balaban J connectivity index is 1.64. The van der Waals surface area contributed by atoms with Crippen molar-refractivity contribution in [3.8, 4) is 11.3 Å². The van der Waals surface area contributed by atoms with Gasteiger partial charge in [-0.15, -0.1) is 0 Å². The van der Waals surface area contributed by atoms with E-state index < -0.39 is 17.6 Å². The molecule has 0 radical (unpaired) electrons. The van der Waals surface area contributed by atoms with Crippen LogP contribution in [-0.2, 0) is 9.59 Å². The zero-order valence-electron chi connectivity index (χ0n) is 15.4. The maximum Gasteiger partial charge on any atom is 0.234 e. The number of rotatable bonds is 4. The van der Waals surface area contributed by atoms with E-state index in [1.54, 1.807) is 0 Å². The van der Waals surface area contributed by atoms with Crippen LogP contribution in [0.5, 0.6) is 0 Å². The fourth-order valence-corrected chi connectivity index (χ4v) is 4.15. The molecule has 3 aromatic rings. The van der Waals surface area contributed by atoms with Crippen LogP contribution in [0.1, 0.15) is 34.5 Å². The molecule has 8 heteroatoms. The SMILES string of the molecule is CC(=O)c1sc(NC(=O)C2CC(=O)Nc3cc(F)ccc32)nc1-c1ccccc1. The first kappa shape index (κ1) is 18.9. The van der Waals surface area contributed by atoms with Crippen molar-refractivity contribution in [2.75, 3.05) is 10.6 Å². The van der Waals surface area contributed by atoms with Gasteiger partial charge in [0.15, 0.2) is 10.9 Å². The lowest BCUT2D eigenvalue weighted by molar-refractivity contribution is -0.123. The first-order valence-corrected chi connectivity index (χ1v) is 9.71. The van der Waals surface area contributed by atoms with Crippen molar-refractivity contribution in [1.29, 1.82) is 0 Å². The Labute approximate surface area is 169 Å². The Bertz CT molecular complexity index is 1130. The monoisotopic (exact) mass is 409 g/mol. The van der Waals surface area contributed by atoms with Gasteiger partial charge in [-0.25, -0.2) is 9.37 Å². The summed E-state index contributed by atoms with van der Waals surface area (Å²) in [5.74, 6) is -2.22. The molecule has 2 N–H and O–H groups in total. The van der Waals surface area contributed by atoms with Gasteiger partial charge < -0.3 is 10.6 Å². The highest BCUT2D eigenvalue weighted by atomic mass is 32.1. The third-order valence-corrected chi connectivity index (χ3v) is 5.67. The molecule has 4 rings (SSSR count). The normalized spacial score (nSPS) is 15.4. The van der Waals surface area contributed by atoms with Crippen LogP contribution in [0.4, 0.5) is 15.2 Å². The van der Waals surface area contributed by atoms with Gasteiger partial charge in [-0.1, -0.05) is 47.7 Å². The number of hydrogen-bond acceptors (Lipinski definition) is 5. The number of thiazole rings is 1. The minimum Gasteiger partial charge on any atom is -0.326 e. The number of nitrogens with zero attached hydrogens (tertiary/aromatic N) is 1. The Morgan fingerprint density at radius 3 is 2.69 bits per heavy atom. The molecular formula is C21H16FN3O3S. The maximum absolute atomic E-state index is 13.5. The van der Waals surface area contributed by atoms with Crippen molar-refractivity contribution in [2.45, 2.75) is 19.3 Å². The van der Waals surface area contributed by atoms with Crippen molar-refractivity contribution in [1.82, 2.24) is 4.98 Å². The Kier molecular flexibility index (Phi) is 4.94. The van der Waals surface area contributed by atoms with Crippen LogP contribution in [-0.4, -0.2) is 22.6 Å². The van der Waals surface area contributed by atoms with Crippen LogP contribution in [0.15, 0.2) is 48.5 Å². The molecule has 1 aliphatic rings. The Morgan fingerprint density at radius 1 is 1.21 bits per heavy atom. The molecule has 2 amide bonds. The lowest BCUT2D eigenvalue weighted by atomic mass is 9.90. The van der Waals surface area contributed by atoms with Crippen LogP contribution in [0.3, 0.4) is 0 Å². The molecule has 1 atom stereocenters. The molecule has 2 heterocycles. The standard InChI is InChI=1S/C21H16FN3O3S/c1-11(26)19-18(12-5-3-2-4-6-12)24-21(29-19)25-20(28)15-10-17(27)23-16-9-13(22)7-8-14(15)16/h2-9,15H,10H2,1H3,(H,23,27)(H,24,25,28). The highest BCUT2D eigenvalue weighted by molar-refractivity contribution is 7.18. The van der Waals surface area contributed by atoms with E-state index in [2.05, 4.69) is 15.6 Å². The number of Topliss-reactive ketones (excluding diaryl/α,β-unsaturated/α-hetero) is 1. The summed E-state index contributed by atoms with van der Waals surface area (Å²) in [4.78, 5) is 41.8. The number of ketones is 1. The van der Waals surface area contributed by atoms with Gasteiger partial charge in [-0.3, -0.25) is 14.4 Å². The molecule has 6 nitrogen and oxygen atoms in total. The third-order valence-electron chi connectivity index (χ3n) is 4.60. The molecule has 0 spiro atoms. The number of fused-ring (bicyclic) bond motifs is 1. The van der Waals surface area contributed by atoms with Crippen molar-refractivity contribution >= 4 is 39.8 Å². The largest absolute Gasteiger partial charge is 0.326 e. The second-order valence-corrected chi connectivity index (χ2v) is 7.64. The molecule has 2 aromatic carbocycles. The number of halogens is 1. The van der Waals surface area contributed by atoms with E-state index in [0.29, 0.717) is 16.1 Å². The van der Waals surface area contributed by atoms with Crippen molar-refractivity contribution in [3.63, 3.8) is 0 Å². The number of nitrogens with one attached hydrogen (secondary N) is 2. The van der Waals surface area contributed by atoms with Crippen molar-refractivity contribution < 1.29 is 18.8 Å². The molecule has 1 aromatic heterocycles. The number of hydrogen-bond donors (Lipinski definition) is 2. The molecule has 1 unspecified atom stereocenters. The van der Waals surface area contributed by atoms with Crippen molar-refractivity contribution in [3.05, 3.63) is 64.8 Å². The van der Waals surface area contributed by atoms with Crippen molar-refractivity contribution in [2.24, 2.45) is 0 Å². The fraction of sp³-hybridized carbons (Fsp3) is 0.143. The maximum atomic E-state index is 13.5. The average Bonchev–Trinajstić information content (AvgIpc) is 3.11. The lowest BCUT2D eigenvalue weighted by Gasteiger charge is -2.24. The highest BCUT2D eigenvalue weighted by Gasteiger charge is 2.31. The van der Waals surface area contributed by atoms with Crippen LogP contribution in [0.25, 0.3) is 11.3 Å². The summed E-state index contributed by atoms with van der Waals surface area (Å²) >= 11 is 1.09. The second-order valence-electron chi connectivity index (χ2n) is 6.64. The van der Waals surface area contributed by atoms with Gasteiger partial charge in [0.1, 0.15) is 5.82 Å². The zero-order valence-corrected chi connectivity index (χ0v) is 16.2. The predicted octanol–water partition coefficient (Wildman–Crippen LogP) is 4.22. The summed E-state index contributed by atoms with van der Waals surface area (Å²) in [5.41, 5.74) is 2.10. The minimum atomic E-state index is -0.774. The second kappa shape index (κ2) is 7.56. The topological polar surface area (TPSA) is 88.2 Å². The summed E-state index contributed by atoms with van der Waals surface area (Å²) < 4.78 is 13.5. The van der Waals surface area contributed by atoms with Crippen LogP contribution < -0.4 is 10.6 Å². The summed E-state index contributed by atoms with van der Waals surface area (Å²) in [6.45, 7) is 1.45. The zero-order chi connectivity index (χ0) is 20.5. The minimum absolute atomic E-state index is 0.0546. The van der Waals surface area contributed by atoms with Gasteiger partial charge in [-0.05, 0) is 17.7 Å². The summed E-state index contributed by atoms with van der Waals surface area (Å²) in [7, 11) is 0. The first-order chi connectivity index (χ1) is 13.9. The van der Waals surface area contributed by atoms with Crippen LogP contribution in [0, 0.1) is 5.82 Å². The highest BCUT2D eigenvalue weighted by Crippen LogP contribution is 2.35. The Hall–Kier alpha value is -3.39. The number of aromatic nitrogens is 1. The molecule has 0 bridgehead atoms. The third kappa shape index (κ3) is 3.79. The lowest BCUT2D eigenvalue weighted by Crippen LogP contribution is -2.30.